The lowest BCUT2D eigenvalue weighted by Gasteiger charge is -2.15. The molecule has 106 valence electrons. The number of hydrogen-bond acceptors (Lipinski definition) is 0. The van der Waals surface area contributed by atoms with Crippen LogP contribution in [0.5, 0.6) is 0 Å². The first kappa shape index (κ1) is 15.1. The van der Waals surface area contributed by atoms with E-state index < -0.39 is 5.38 Å². The third-order valence-electron chi connectivity index (χ3n) is 3.78. The summed E-state index contributed by atoms with van der Waals surface area (Å²) in [7, 11) is 0. The Hall–Kier alpha value is -1.34. The highest BCUT2D eigenvalue weighted by Crippen LogP contribution is 2.32. The number of alkyl halides is 1. The van der Waals surface area contributed by atoms with Gasteiger partial charge in [-0.25, -0.2) is 4.39 Å². The van der Waals surface area contributed by atoms with Crippen molar-refractivity contribution in [3.63, 3.8) is 0 Å². The molecule has 0 saturated carbocycles. The summed E-state index contributed by atoms with van der Waals surface area (Å²) in [6.07, 6.45) is 1.98. The first-order valence-corrected chi connectivity index (χ1v) is 7.52. The van der Waals surface area contributed by atoms with Crippen molar-refractivity contribution >= 4 is 11.6 Å². The van der Waals surface area contributed by atoms with Crippen molar-refractivity contribution in [2.75, 3.05) is 0 Å². The Balaban J connectivity index is 2.43. The first-order valence-electron chi connectivity index (χ1n) is 7.09. The van der Waals surface area contributed by atoms with E-state index in [9.17, 15) is 4.39 Å². The summed E-state index contributed by atoms with van der Waals surface area (Å²) in [5.74, 6) is -0.204. The van der Waals surface area contributed by atoms with Crippen molar-refractivity contribution in [2.45, 2.75) is 39.0 Å². The highest BCUT2D eigenvalue weighted by molar-refractivity contribution is 6.22. The summed E-state index contributed by atoms with van der Waals surface area (Å²) in [5.41, 5.74) is 4.78. The number of rotatable bonds is 4. The van der Waals surface area contributed by atoms with Gasteiger partial charge >= 0.3 is 0 Å². The van der Waals surface area contributed by atoms with Crippen molar-refractivity contribution in [1.29, 1.82) is 0 Å². The molecule has 2 aromatic carbocycles. The maximum absolute atomic E-state index is 14.2. The number of aryl methyl sites for hydroxylation is 3. The van der Waals surface area contributed by atoms with E-state index in [1.54, 1.807) is 19.1 Å². The Morgan fingerprint density at radius 2 is 1.75 bits per heavy atom. The Bertz CT molecular complexity index is 604. The predicted octanol–water partition coefficient (Wildman–Crippen LogP) is 5.59. The maximum Gasteiger partial charge on any atom is 0.131 e. The van der Waals surface area contributed by atoms with Gasteiger partial charge in [0.05, 0.1) is 5.38 Å². The molecule has 0 fully saturated rings. The molecular weight excluding hydrogens is 271 g/mol. The first-order chi connectivity index (χ1) is 9.58. The fourth-order valence-corrected chi connectivity index (χ4v) is 2.83. The topological polar surface area (TPSA) is 0 Å². The summed E-state index contributed by atoms with van der Waals surface area (Å²) < 4.78 is 14.2. The smallest absolute Gasteiger partial charge is 0.131 e. The van der Waals surface area contributed by atoms with E-state index in [2.05, 4.69) is 26.0 Å². The molecule has 0 saturated heterocycles. The van der Waals surface area contributed by atoms with E-state index in [1.165, 1.54) is 11.1 Å². The van der Waals surface area contributed by atoms with E-state index in [0.717, 1.165) is 18.4 Å². The molecule has 0 radical (unpaired) electrons. The highest BCUT2D eigenvalue weighted by Gasteiger charge is 2.17. The molecule has 0 heterocycles. The Labute approximate surface area is 125 Å². The average Bonchev–Trinajstić information content (AvgIpc) is 2.48. The molecule has 0 aliphatic carbocycles. The van der Waals surface area contributed by atoms with Crippen LogP contribution in [0, 0.1) is 12.7 Å². The minimum Gasteiger partial charge on any atom is -0.206 e. The number of halogens is 2. The van der Waals surface area contributed by atoms with E-state index in [4.69, 9.17) is 11.6 Å². The zero-order chi connectivity index (χ0) is 14.7. The molecule has 20 heavy (non-hydrogen) atoms. The molecule has 0 aromatic heterocycles. The fraction of sp³-hybridized carbons (Fsp3) is 0.333. The van der Waals surface area contributed by atoms with Crippen LogP contribution in [0.3, 0.4) is 0 Å². The molecule has 0 aliphatic rings. The summed E-state index contributed by atoms with van der Waals surface area (Å²) in [5, 5.41) is -0.439. The van der Waals surface area contributed by atoms with Gasteiger partial charge in [-0.15, -0.1) is 11.6 Å². The lowest BCUT2D eigenvalue weighted by atomic mass is 9.95. The van der Waals surface area contributed by atoms with Gasteiger partial charge in [0.15, 0.2) is 0 Å². The minimum atomic E-state index is -0.439. The fourth-order valence-electron chi connectivity index (χ4n) is 2.52. The van der Waals surface area contributed by atoms with E-state index in [1.807, 2.05) is 12.1 Å². The second-order valence-corrected chi connectivity index (χ2v) is 5.51. The molecular formula is C18H20ClF. The van der Waals surface area contributed by atoms with Crippen molar-refractivity contribution in [2.24, 2.45) is 0 Å². The van der Waals surface area contributed by atoms with Crippen LogP contribution in [0.4, 0.5) is 4.39 Å². The Morgan fingerprint density at radius 1 is 1.05 bits per heavy atom. The van der Waals surface area contributed by atoms with Crippen LogP contribution < -0.4 is 0 Å². The molecule has 0 spiro atoms. The summed E-state index contributed by atoms with van der Waals surface area (Å²) in [6, 6.07) is 11.6. The van der Waals surface area contributed by atoms with Crippen LogP contribution in [-0.2, 0) is 12.8 Å². The molecule has 0 N–H and O–H groups in total. The molecule has 2 rings (SSSR count). The normalized spacial score (nSPS) is 12.4. The largest absolute Gasteiger partial charge is 0.206 e. The van der Waals surface area contributed by atoms with Gasteiger partial charge < -0.3 is 0 Å². The van der Waals surface area contributed by atoms with Gasteiger partial charge in [0.25, 0.3) is 0 Å². The molecule has 2 heteroatoms. The van der Waals surface area contributed by atoms with Crippen LogP contribution in [0.1, 0.15) is 47.0 Å². The number of benzene rings is 2. The van der Waals surface area contributed by atoms with Crippen LogP contribution >= 0.6 is 11.6 Å². The van der Waals surface area contributed by atoms with Crippen LogP contribution in [0.25, 0.3) is 0 Å². The second kappa shape index (κ2) is 6.41. The molecule has 2 aromatic rings. The number of hydrogen-bond donors (Lipinski definition) is 0. The van der Waals surface area contributed by atoms with Gasteiger partial charge in [0, 0.05) is 5.56 Å². The second-order valence-electron chi connectivity index (χ2n) is 5.08. The van der Waals surface area contributed by atoms with Crippen molar-refractivity contribution in [3.8, 4) is 0 Å². The molecule has 1 atom stereocenters. The van der Waals surface area contributed by atoms with Crippen molar-refractivity contribution in [3.05, 3.63) is 70.0 Å². The van der Waals surface area contributed by atoms with Crippen LogP contribution in [0.2, 0.25) is 0 Å². The lowest BCUT2D eigenvalue weighted by Crippen LogP contribution is -2.01. The van der Waals surface area contributed by atoms with Crippen molar-refractivity contribution < 1.29 is 4.39 Å². The molecule has 0 amide bonds. The lowest BCUT2D eigenvalue weighted by molar-refractivity contribution is 0.603. The van der Waals surface area contributed by atoms with Crippen molar-refractivity contribution in [1.82, 2.24) is 0 Å². The van der Waals surface area contributed by atoms with E-state index in [-0.39, 0.29) is 5.82 Å². The standard InChI is InChI=1S/C18H20ClF/c1-4-13-9-10-15(11-14(13)5-2)17(19)16-8-6-7-12(3)18(16)20/h6-11,17H,4-5H2,1-3H3. The van der Waals surface area contributed by atoms with Crippen LogP contribution in [0.15, 0.2) is 36.4 Å². The minimum absolute atomic E-state index is 0.204. The molecule has 0 bridgehead atoms. The SMILES string of the molecule is CCc1ccc(C(Cl)c2cccc(C)c2F)cc1CC. The highest BCUT2D eigenvalue weighted by atomic mass is 35.5. The molecule has 0 aliphatic heterocycles. The summed E-state index contributed by atoms with van der Waals surface area (Å²) >= 11 is 6.49. The quantitative estimate of drug-likeness (QED) is 0.644. The van der Waals surface area contributed by atoms with Gasteiger partial charge in [-0.05, 0) is 42.0 Å². The van der Waals surface area contributed by atoms with E-state index in [0.29, 0.717) is 11.1 Å². The van der Waals surface area contributed by atoms with Crippen LogP contribution in [-0.4, -0.2) is 0 Å². The zero-order valence-electron chi connectivity index (χ0n) is 12.2. The van der Waals surface area contributed by atoms with Gasteiger partial charge in [0.1, 0.15) is 5.82 Å². The maximum atomic E-state index is 14.2. The van der Waals surface area contributed by atoms with Gasteiger partial charge in [-0.1, -0.05) is 50.2 Å². The summed E-state index contributed by atoms with van der Waals surface area (Å²) in [4.78, 5) is 0. The monoisotopic (exact) mass is 290 g/mol. The Kier molecular flexibility index (Phi) is 4.82. The Morgan fingerprint density at radius 3 is 2.40 bits per heavy atom. The average molecular weight is 291 g/mol. The summed E-state index contributed by atoms with van der Waals surface area (Å²) in [6.45, 7) is 6.04. The van der Waals surface area contributed by atoms with Gasteiger partial charge in [-0.2, -0.15) is 0 Å². The van der Waals surface area contributed by atoms with Gasteiger partial charge in [-0.3, -0.25) is 0 Å². The third-order valence-corrected chi connectivity index (χ3v) is 4.27. The predicted molar refractivity (Wildman–Crippen MR) is 84.0 cm³/mol. The molecule has 0 nitrogen and oxygen atoms in total. The van der Waals surface area contributed by atoms with Gasteiger partial charge in [0.2, 0.25) is 0 Å². The zero-order valence-corrected chi connectivity index (χ0v) is 13.0. The molecule has 1 unspecified atom stereocenters. The third kappa shape index (κ3) is 2.88. The van der Waals surface area contributed by atoms with E-state index >= 15 is 0 Å².